The Kier molecular flexibility index (Phi) is 4.76. The first-order valence-corrected chi connectivity index (χ1v) is 10.3. The third-order valence-corrected chi connectivity index (χ3v) is 7.55. The summed E-state index contributed by atoms with van der Waals surface area (Å²) in [5, 5.41) is 9.98. The van der Waals surface area contributed by atoms with Crippen molar-refractivity contribution >= 4 is 11.8 Å². The lowest BCUT2D eigenvalue weighted by Crippen LogP contribution is -2.60. The summed E-state index contributed by atoms with van der Waals surface area (Å²) < 4.78 is 11.1. The summed E-state index contributed by atoms with van der Waals surface area (Å²) in [6, 6.07) is 1.83. The van der Waals surface area contributed by atoms with Crippen molar-refractivity contribution in [3.63, 3.8) is 0 Å². The monoisotopic (exact) mass is 389 g/mol. The van der Waals surface area contributed by atoms with Gasteiger partial charge in [-0.3, -0.25) is 9.59 Å². The van der Waals surface area contributed by atoms with Gasteiger partial charge in [0.15, 0.2) is 5.69 Å². The molecule has 2 saturated carbocycles. The summed E-state index contributed by atoms with van der Waals surface area (Å²) in [6.45, 7) is 9.24. The molecule has 1 aromatic heterocycles. The van der Waals surface area contributed by atoms with Gasteiger partial charge in [-0.1, -0.05) is 19.0 Å². The molecular weight excluding hydrogens is 358 g/mol. The SMILES string of the molecule is CC(=O)N[C@H]1C(C)(C)[C@@H]2C[C@@H]3[C@@H](CCNC(=O)c4cc(C)on4)OCCC31C2. The molecule has 2 amide bonds. The molecular formula is C21H31N3O4. The van der Waals surface area contributed by atoms with E-state index in [9.17, 15) is 9.59 Å². The maximum Gasteiger partial charge on any atom is 0.273 e. The van der Waals surface area contributed by atoms with E-state index in [1.54, 1.807) is 19.9 Å². The van der Waals surface area contributed by atoms with Crippen LogP contribution in [0.3, 0.4) is 0 Å². The Balaban J connectivity index is 1.42. The van der Waals surface area contributed by atoms with Gasteiger partial charge in [-0.25, -0.2) is 0 Å². The summed E-state index contributed by atoms with van der Waals surface area (Å²) in [4.78, 5) is 24.1. The van der Waals surface area contributed by atoms with Gasteiger partial charge < -0.3 is 19.9 Å². The van der Waals surface area contributed by atoms with E-state index >= 15 is 0 Å². The molecule has 0 aromatic carbocycles. The number of nitrogens with zero attached hydrogens (tertiary/aromatic N) is 1. The van der Waals surface area contributed by atoms with Gasteiger partial charge in [-0.2, -0.15) is 0 Å². The topological polar surface area (TPSA) is 93.5 Å². The number of hydrogen-bond acceptors (Lipinski definition) is 5. The second kappa shape index (κ2) is 6.87. The highest BCUT2D eigenvalue weighted by Gasteiger charge is 2.68. The van der Waals surface area contributed by atoms with Crippen LogP contribution in [-0.2, 0) is 9.53 Å². The second-order valence-electron chi connectivity index (χ2n) is 9.46. The van der Waals surface area contributed by atoms with E-state index in [-0.39, 0.29) is 34.8 Å². The zero-order valence-electron chi connectivity index (χ0n) is 17.2. The summed E-state index contributed by atoms with van der Waals surface area (Å²) in [6.07, 6.45) is 4.20. The highest BCUT2D eigenvalue weighted by atomic mass is 16.5. The minimum absolute atomic E-state index is 0.0527. The van der Waals surface area contributed by atoms with E-state index in [1.165, 1.54) is 6.42 Å². The predicted molar refractivity (Wildman–Crippen MR) is 103 cm³/mol. The number of carbonyl (C=O) groups excluding carboxylic acids is 2. The van der Waals surface area contributed by atoms with Gasteiger partial charge in [-0.05, 0) is 55.3 Å². The smallest absolute Gasteiger partial charge is 0.273 e. The van der Waals surface area contributed by atoms with Gasteiger partial charge in [0.1, 0.15) is 5.76 Å². The molecule has 2 aliphatic carbocycles. The lowest BCUT2D eigenvalue weighted by molar-refractivity contribution is -0.135. The summed E-state index contributed by atoms with van der Waals surface area (Å²) in [7, 11) is 0. The Morgan fingerprint density at radius 1 is 1.36 bits per heavy atom. The van der Waals surface area contributed by atoms with Gasteiger partial charge in [0.05, 0.1) is 6.10 Å². The molecule has 7 nitrogen and oxygen atoms in total. The maximum absolute atomic E-state index is 12.2. The average molecular weight is 389 g/mol. The molecule has 1 unspecified atom stereocenters. The Labute approximate surface area is 165 Å². The fraction of sp³-hybridized carbons (Fsp3) is 0.762. The molecule has 3 fully saturated rings. The third kappa shape index (κ3) is 3.04. The first-order valence-electron chi connectivity index (χ1n) is 10.3. The van der Waals surface area contributed by atoms with E-state index in [0.29, 0.717) is 29.8 Å². The van der Waals surface area contributed by atoms with Crippen LogP contribution in [-0.4, -0.2) is 42.3 Å². The normalized spacial score (nSPS) is 35.4. The van der Waals surface area contributed by atoms with Crippen LogP contribution in [0.5, 0.6) is 0 Å². The molecule has 2 bridgehead atoms. The minimum Gasteiger partial charge on any atom is -0.378 e. The Hall–Kier alpha value is -1.89. The largest absolute Gasteiger partial charge is 0.378 e. The molecule has 2 heterocycles. The van der Waals surface area contributed by atoms with Gasteiger partial charge in [0.2, 0.25) is 5.91 Å². The summed E-state index contributed by atoms with van der Waals surface area (Å²) in [5.74, 6) is 1.49. The van der Waals surface area contributed by atoms with Crippen LogP contribution in [0.4, 0.5) is 0 Å². The maximum atomic E-state index is 12.2. The van der Waals surface area contributed by atoms with Crippen LogP contribution in [0.15, 0.2) is 10.6 Å². The molecule has 2 N–H and O–H groups in total. The van der Waals surface area contributed by atoms with E-state index in [4.69, 9.17) is 9.26 Å². The van der Waals surface area contributed by atoms with Crippen molar-refractivity contribution in [3.05, 3.63) is 17.5 Å². The second-order valence-corrected chi connectivity index (χ2v) is 9.46. The van der Waals surface area contributed by atoms with Crippen molar-refractivity contribution in [2.24, 2.45) is 22.7 Å². The Morgan fingerprint density at radius 3 is 2.82 bits per heavy atom. The molecule has 3 aliphatic rings. The third-order valence-electron chi connectivity index (χ3n) is 7.55. The lowest BCUT2D eigenvalue weighted by atomic mass is 9.59. The molecule has 28 heavy (non-hydrogen) atoms. The summed E-state index contributed by atoms with van der Waals surface area (Å²) >= 11 is 0. The Morgan fingerprint density at radius 2 is 2.14 bits per heavy atom. The molecule has 0 radical (unpaired) electrons. The summed E-state index contributed by atoms with van der Waals surface area (Å²) in [5.41, 5.74) is 0.546. The van der Waals surface area contributed by atoms with Crippen LogP contribution in [0, 0.1) is 29.6 Å². The van der Waals surface area contributed by atoms with Crippen LogP contribution < -0.4 is 10.6 Å². The predicted octanol–water partition coefficient (Wildman–Crippen LogP) is 2.45. The highest BCUT2D eigenvalue weighted by Crippen LogP contribution is 2.68. The Bertz CT molecular complexity index is 773. The van der Waals surface area contributed by atoms with Crippen molar-refractivity contribution in [1.82, 2.24) is 15.8 Å². The molecule has 4 rings (SSSR count). The lowest BCUT2D eigenvalue weighted by Gasteiger charge is -2.53. The van der Waals surface area contributed by atoms with Crippen molar-refractivity contribution in [2.45, 2.75) is 65.5 Å². The van der Waals surface area contributed by atoms with Crippen molar-refractivity contribution in [3.8, 4) is 0 Å². The van der Waals surface area contributed by atoms with E-state index in [1.807, 2.05) is 0 Å². The number of aromatic nitrogens is 1. The standard InChI is InChI=1S/C21H31N3O4/c1-12-9-16(24-28-12)18(26)22-7-5-17-15-10-14-11-21(15,6-8-27-17)19(20(14,3)4)23-13(2)25/h9,14-15,17,19H,5-8,10-11H2,1-4H3,(H,22,26)(H,23,25)/t14-,15-,17-,19+,21?/m1/s1. The van der Waals surface area contributed by atoms with Gasteiger partial charge in [0.25, 0.3) is 5.91 Å². The number of amides is 2. The highest BCUT2D eigenvalue weighted by molar-refractivity contribution is 5.92. The molecule has 1 aliphatic heterocycles. The van der Waals surface area contributed by atoms with Gasteiger partial charge >= 0.3 is 0 Å². The van der Waals surface area contributed by atoms with Crippen LogP contribution in [0.2, 0.25) is 0 Å². The fourth-order valence-electron chi connectivity index (χ4n) is 6.29. The fourth-order valence-corrected chi connectivity index (χ4v) is 6.29. The molecule has 1 saturated heterocycles. The average Bonchev–Trinajstić information content (AvgIpc) is 3.28. The molecule has 1 aromatic rings. The van der Waals surface area contributed by atoms with E-state index in [0.717, 1.165) is 25.9 Å². The van der Waals surface area contributed by atoms with Crippen molar-refractivity contribution in [1.29, 1.82) is 0 Å². The number of fused-ring (bicyclic) bond motifs is 1. The number of aryl methyl sites for hydroxylation is 1. The zero-order valence-corrected chi connectivity index (χ0v) is 17.2. The van der Waals surface area contributed by atoms with Gasteiger partial charge in [-0.15, -0.1) is 0 Å². The minimum atomic E-state index is -0.215. The zero-order chi connectivity index (χ0) is 20.1. The number of rotatable bonds is 5. The van der Waals surface area contributed by atoms with Crippen molar-refractivity contribution in [2.75, 3.05) is 13.2 Å². The van der Waals surface area contributed by atoms with Crippen LogP contribution in [0.25, 0.3) is 0 Å². The molecule has 5 atom stereocenters. The number of hydrogen-bond donors (Lipinski definition) is 2. The van der Waals surface area contributed by atoms with Crippen LogP contribution >= 0.6 is 0 Å². The molecule has 7 heteroatoms. The number of nitrogens with one attached hydrogen (secondary N) is 2. The number of ether oxygens (including phenoxy) is 1. The van der Waals surface area contributed by atoms with E-state index < -0.39 is 0 Å². The molecule has 154 valence electrons. The van der Waals surface area contributed by atoms with Gasteiger partial charge in [0, 0.05) is 32.2 Å². The van der Waals surface area contributed by atoms with E-state index in [2.05, 4.69) is 29.6 Å². The van der Waals surface area contributed by atoms with Crippen LogP contribution in [0.1, 0.15) is 62.7 Å². The van der Waals surface area contributed by atoms with Crippen molar-refractivity contribution < 1.29 is 18.8 Å². The quantitative estimate of drug-likeness (QED) is 0.807. The first-order chi connectivity index (χ1) is 13.2. The number of carbonyl (C=O) groups is 2. The first kappa shape index (κ1) is 19.4. The molecule has 1 spiro atoms.